The molecule has 2 aromatic carbocycles. The van der Waals surface area contributed by atoms with E-state index >= 15 is 0 Å². The van der Waals surface area contributed by atoms with Crippen molar-refractivity contribution in [1.29, 1.82) is 0 Å². The smallest absolute Gasteiger partial charge is 0.132 e. The van der Waals surface area contributed by atoms with E-state index < -0.39 is 5.60 Å². The molecule has 1 N–H and O–H groups in total. The summed E-state index contributed by atoms with van der Waals surface area (Å²) in [7, 11) is 0. The SMILES string of the molecule is CC(Oc1ccccc1)C(C)(O)COc1ccccc1. The third-order valence-electron chi connectivity index (χ3n) is 3.21. The van der Waals surface area contributed by atoms with Crippen LogP contribution in [-0.4, -0.2) is 23.4 Å². The summed E-state index contributed by atoms with van der Waals surface area (Å²) in [5.74, 6) is 1.47. The van der Waals surface area contributed by atoms with E-state index in [-0.39, 0.29) is 12.7 Å². The Hall–Kier alpha value is -2.00. The van der Waals surface area contributed by atoms with E-state index in [0.717, 1.165) is 11.5 Å². The lowest BCUT2D eigenvalue weighted by Crippen LogP contribution is -2.46. The molecule has 0 fully saturated rings. The third-order valence-corrected chi connectivity index (χ3v) is 3.21. The molecule has 20 heavy (non-hydrogen) atoms. The number of ether oxygens (including phenoxy) is 2. The highest BCUT2D eigenvalue weighted by Gasteiger charge is 2.31. The van der Waals surface area contributed by atoms with Crippen LogP contribution < -0.4 is 9.47 Å². The van der Waals surface area contributed by atoms with Gasteiger partial charge >= 0.3 is 0 Å². The van der Waals surface area contributed by atoms with Crippen molar-refractivity contribution in [3.05, 3.63) is 60.7 Å². The average molecular weight is 272 g/mol. The van der Waals surface area contributed by atoms with Crippen LogP contribution in [0.5, 0.6) is 11.5 Å². The van der Waals surface area contributed by atoms with Crippen molar-refractivity contribution < 1.29 is 14.6 Å². The van der Waals surface area contributed by atoms with E-state index in [2.05, 4.69) is 0 Å². The lowest BCUT2D eigenvalue weighted by molar-refractivity contribution is -0.0670. The van der Waals surface area contributed by atoms with Crippen LogP contribution in [0.4, 0.5) is 0 Å². The maximum Gasteiger partial charge on any atom is 0.132 e. The molecule has 2 aromatic rings. The second-order valence-corrected chi connectivity index (χ2v) is 5.03. The Morgan fingerprint density at radius 3 is 2.00 bits per heavy atom. The van der Waals surface area contributed by atoms with E-state index in [1.54, 1.807) is 6.92 Å². The standard InChI is InChI=1S/C17H20O3/c1-14(20-16-11-7-4-8-12-16)17(2,18)13-19-15-9-5-3-6-10-15/h3-12,14,18H,13H2,1-2H3. The van der Waals surface area contributed by atoms with Crippen LogP contribution in [0.25, 0.3) is 0 Å². The Morgan fingerprint density at radius 1 is 0.950 bits per heavy atom. The Kier molecular flexibility index (Phi) is 4.64. The van der Waals surface area contributed by atoms with Crippen molar-refractivity contribution >= 4 is 0 Å². The molecule has 0 saturated heterocycles. The molecule has 2 atom stereocenters. The molecule has 0 aromatic heterocycles. The van der Waals surface area contributed by atoms with Gasteiger partial charge in [0.25, 0.3) is 0 Å². The summed E-state index contributed by atoms with van der Waals surface area (Å²) in [6.45, 7) is 3.72. The summed E-state index contributed by atoms with van der Waals surface area (Å²) in [5, 5.41) is 10.5. The van der Waals surface area contributed by atoms with E-state index in [0.29, 0.717) is 0 Å². The topological polar surface area (TPSA) is 38.7 Å². The van der Waals surface area contributed by atoms with Gasteiger partial charge in [-0.1, -0.05) is 36.4 Å². The minimum atomic E-state index is -1.08. The van der Waals surface area contributed by atoms with Crippen LogP contribution in [0.2, 0.25) is 0 Å². The van der Waals surface area contributed by atoms with Crippen LogP contribution >= 0.6 is 0 Å². The van der Waals surface area contributed by atoms with Crippen LogP contribution in [0.3, 0.4) is 0 Å². The van der Waals surface area contributed by atoms with Crippen molar-refractivity contribution in [2.75, 3.05) is 6.61 Å². The van der Waals surface area contributed by atoms with E-state index in [1.807, 2.05) is 67.6 Å². The Bertz CT molecular complexity index is 508. The summed E-state index contributed by atoms with van der Waals surface area (Å²) in [6, 6.07) is 18.9. The minimum Gasteiger partial charge on any atom is -0.490 e. The molecule has 3 nitrogen and oxygen atoms in total. The van der Waals surface area contributed by atoms with E-state index in [1.165, 1.54) is 0 Å². The Labute approximate surface area is 119 Å². The first-order chi connectivity index (χ1) is 9.58. The molecule has 0 amide bonds. The molecule has 2 rings (SSSR count). The highest BCUT2D eigenvalue weighted by Crippen LogP contribution is 2.20. The monoisotopic (exact) mass is 272 g/mol. The van der Waals surface area contributed by atoms with Crippen molar-refractivity contribution in [2.24, 2.45) is 0 Å². The van der Waals surface area contributed by atoms with Crippen molar-refractivity contribution in [3.63, 3.8) is 0 Å². The minimum absolute atomic E-state index is 0.172. The van der Waals surface area contributed by atoms with Gasteiger partial charge in [0.05, 0.1) is 0 Å². The lowest BCUT2D eigenvalue weighted by Gasteiger charge is -2.30. The fourth-order valence-corrected chi connectivity index (χ4v) is 1.69. The highest BCUT2D eigenvalue weighted by molar-refractivity contribution is 5.22. The fraction of sp³-hybridized carbons (Fsp3) is 0.294. The van der Waals surface area contributed by atoms with Gasteiger partial charge in [-0.3, -0.25) is 0 Å². The zero-order valence-electron chi connectivity index (χ0n) is 11.8. The van der Waals surface area contributed by atoms with Gasteiger partial charge in [0, 0.05) is 0 Å². The second kappa shape index (κ2) is 6.44. The first-order valence-electron chi connectivity index (χ1n) is 6.70. The first kappa shape index (κ1) is 14.4. The van der Waals surface area contributed by atoms with Crippen LogP contribution in [0.1, 0.15) is 13.8 Å². The summed E-state index contributed by atoms with van der Waals surface area (Å²) in [6.07, 6.45) is -0.381. The van der Waals surface area contributed by atoms with E-state index in [9.17, 15) is 5.11 Å². The third kappa shape index (κ3) is 4.00. The molecule has 0 aliphatic carbocycles. The molecule has 106 valence electrons. The molecule has 0 aliphatic rings. The van der Waals surface area contributed by atoms with Gasteiger partial charge in [-0.2, -0.15) is 0 Å². The Balaban J connectivity index is 1.92. The van der Waals surface area contributed by atoms with Crippen LogP contribution in [0.15, 0.2) is 60.7 Å². The molecular weight excluding hydrogens is 252 g/mol. The number of aliphatic hydroxyl groups is 1. The van der Waals surface area contributed by atoms with Gasteiger partial charge in [-0.25, -0.2) is 0 Å². The molecule has 0 radical (unpaired) electrons. The van der Waals surface area contributed by atoms with E-state index in [4.69, 9.17) is 9.47 Å². The molecule has 0 saturated carbocycles. The molecule has 2 unspecified atom stereocenters. The van der Waals surface area contributed by atoms with Gasteiger partial charge < -0.3 is 14.6 Å². The highest BCUT2D eigenvalue weighted by atomic mass is 16.5. The zero-order valence-corrected chi connectivity index (χ0v) is 11.8. The van der Waals surface area contributed by atoms with Gasteiger partial charge in [0.2, 0.25) is 0 Å². The largest absolute Gasteiger partial charge is 0.490 e. The molecule has 0 bridgehead atoms. The molecule has 0 spiro atoms. The predicted molar refractivity (Wildman–Crippen MR) is 79.1 cm³/mol. The quantitative estimate of drug-likeness (QED) is 0.877. The van der Waals surface area contributed by atoms with Crippen LogP contribution in [0, 0.1) is 0 Å². The number of rotatable bonds is 6. The second-order valence-electron chi connectivity index (χ2n) is 5.03. The van der Waals surface area contributed by atoms with Crippen molar-refractivity contribution in [3.8, 4) is 11.5 Å². The number of benzene rings is 2. The fourth-order valence-electron chi connectivity index (χ4n) is 1.69. The number of hydrogen-bond donors (Lipinski definition) is 1. The maximum atomic E-state index is 10.5. The summed E-state index contributed by atoms with van der Waals surface area (Å²) < 4.78 is 11.3. The van der Waals surface area contributed by atoms with Crippen LogP contribution in [-0.2, 0) is 0 Å². The van der Waals surface area contributed by atoms with Gasteiger partial charge in [0.15, 0.2) is 0 Å². The maximum absolute atomic E-state index is 10.5. The number of hydrogen-bond acceptors (Lipinski definition) is 3. The zero-order chi connectivity index (χ0) is 14.4. The Morgan fingerprint density at radius 2 is 1.45 bits per heavy atom. The predicted octanol–water partition coefficient (Wildman–Crippen LogP) is 3.28. The molecular formula is C17H20O3. The molecule has 0 heterocycles. The number of para-hydroxylation sites is 2. The van der Waals surface area contributed by atoms with Crippen molar-refractivity contribution in [1.82, 2.24) is 0 Å². The van der Waals surface area contributed by atoms with Gasteiger partial charge in [-0.05, 0) is 38.1 Å². The normalized spacial score (nSPS) is 15.2. The summed E-state index contributed by atoms with van der Waals surface area (Å²) in [5.41, 5.74) is -1.08. The van der Waals surface area contributed by atoms with Crippen molar-refractivity contribution in [2.45, 2.75) is 25.6 Å². The van der Waals surface area contributed by atoms with Gasteiger partial charge in [-0.15, -0.1) is 0 Å². The molecule has 3 heteroatoms. The average Bonchev–Trinajstić information content (AvgIpc) is 2.47. The van der Waals surface area contributed by atoms with Gasteiger partial charge in [0.1, 0.15) is 29.8 Å². The lowest BCUT2D eigenvalue weighted by atomic mass is 10.0. The molecule has 0 aliphatic heterocycles. The summed E-state index contributed by atoms with van der Waals surface area (Å²) in [4.78, 5) is 0. The first-order valence-corrected chi connectivity index (χ1v) is 6.70. The summed E-state index contributed by atoms with van der Waals surface area (Å²) >= 11 is 0.